The molecule has 2 aromatic rings. The van der Waals surface area contributed by atoms with Crippen molar-refractivity contribution in [2.75, 3.05) is 31.7 Å². The van der Waals surface area contributed by atoms with E-state index in [2.05, 4.69) is 0 Å². The standard InChI is InChI=1S/C26H30FN3O4/c1-6-33-20-11-16-13-30(25(28)22(16)23(27)24(20)34-7-2)14-19(31)15-8-9-18-17(10-15)26(3,4)12-21(32)29(18)5/h8-11,28H,6-7,12-14H2,1-5H3. The van der Waals surface area contributed by atoms with Gasteiger partial charge in [-0.25, -0.2) is 4.39 Å². The highest BCUT2D eigenvalue weighted by atomic mass is 19.1. The largest absolute Gasteiger partial charge is 0.490 e. The zero-order chi connectivity index (χ0) is 24.8. The summed E-state index contributed by atoms with van der Waals surface area (Å²) in [6, 6.07) is 7.04. The Balaban J connectivity index is 1.60. The second-order valence-electron chi connectivity index (χ2n) is 9.29. The number of anilines is 1. The molecule has 8 heteroatoms. The van der Waals surface area contributed by atoms with E-state index >= 15 is 4.39 Å². The lowest BCUT2D eigenvalue weighted by Gasteiger charge is -2.37. The van der Waals surface area contributed by atoms with Gasteiger partial charge in [0.05, 0.1) is 25.3 Å². The van der Waals surface area contributed by atoms with E-state index in [1.807, 2.05) is 19.9 Å². The third-order valence-electron chi connectivity index (χ3n) is 6.48. The van der Waals surface area contributed by atoms with Gasteiger partial charge >= 0.3 is 0 Å². The molecule has 1 amide bonds. The molecular weight excluding hydrogens is 437 g/mol. The number of ether oxygens (including phenoxy) is 2. The average Bonchev–Trinajstić information content (AvgIpc) is 3.09. The van der Waals surface area contributed by atoms with Crippen LogP contribution in [0.2, 0.25) is 0 Å². The van der Waals surface area contributed by atoms with Gasteiger partial charge in [0.15, 0.2) is 23.1 Å². The van der Waals surface area contributed by atoms with Crippen LogP contribution in [-0.4, -0.2) is 49.2 Å². The average molecular weight is 468 g/mol. The van der Waals surface area contributed by atoms with Crippen LogP contribution in [0.4, 0.5) is 10.1 Å². The summed E-state index contributed by atoms with van der Waals surface area (Å²) in [6.45, 7) is 8.34. The fourth-order valence-corrected chi connectivity index (χ4v) is 4.69. The number of carbonyl (C=O) groups is 2. The van der Waals surface area contributed by atoms with E-state index in [1.54, 1.807) is 48.9 Å². The maximum atomic E-state index is 15.3. The first-order valence-corrected chi connectivity index (χ1v) is 11.5. The topological polar surface area (TPSA) is 82.9 Å². The quantitative estimate of drug-likeness (QED) is 0.615. The number of ketones is 1. The van der Waals surface area contributed by atoms with Crippen LogP contribution in [-0.2, 0) is 16.8 Å². The lowest BCUT2D eigenvalue weighted by molar-refractivity contribution is -0.119. The molecule has 0 radical (unpaired) electrons. The van der Waals surface area contributed by atoms with Crippen molar-refractivity contribution in [3.63, 3.8) is 0 Å². The molecule has 34 heavy (non-hydrogen) atoms. The summed E-state index contributed by atoms with van der Waals surface area (Å²) >= 11 is 0. The second-order valence-corrected chi connectivity index (χ2v) is 9.29. The van der Waals surface area contributed by atoms with Crippen molar-refractivity contribution < 1.29 is 23.5 Å². The highest BCUT2D eigenvalue weighted by Gasteiger charge is 2.36. The van der Waals surface area contributed by atoms with Crippen molar-refractivity contribution in [2.24, 2.45) is 0 Å². The number of carbonyl (C=O) groups excluding carboxylic acids is 2. The first-order valence-electron chi connectivity index (χ1n) is 11.5. The number of rotatable bonds is 7. The highest BCUT2D eigenvalue weighted by molar-refractivity contribution is 6.06. The van der Waals surface area contributed by atoms with E-state index in [-0.39, 0.29) is 54.0 Å². The summed E-state index contributed by atoms with van der Waals surface area (Å²) < 4.78 is 26.3. The van der Waals surface area contributed by atoms with Gasteiger partial charge < -0.3 is 19.3 Å². The molecular formula is C26H30FN3O4. The molecule has 1 N–H and O–H groups in total. The van der Waals surface area contributed by atoms with Crippen LogP contribution in [0.25, 0.3) is 0 Å². The van der Waals surface area contributed by atoms with Gasteiger partial charge in [-0.3, -0.25) is 15.0 Å². The molecule has 0 fully saturated rings. The maximum Gasteiger partial charge on any atom is 0.227 e. The number of amides is 1. The summed E-state index contributed by atoms with van der Waals surface area (Å²) in [5, 5.41) is 8.54. The second kappa shape index (κ2) is 8.74. The van der Waals surface area contributed by atoms with Crippen LogP contribution in [0, 0.1) is 11.2 Å². The summed E-state index contributed by atoms with van der Waals surface area (Å²) in [4.78, 5) is 28.7. The Hall–Kier alpha value is -3.42. The smallest absolute Gasteiger partial charge is 0.227 e. The monoisotopic (exact) mass is 467 g/mol. The first-order chi connectivity index (χ1) is 16.1. The first kappa shape index (κ1) is 23.7. The Morgan fingerprint density at radius 1 is 1.18 bits per heavy atom. The van der Waals surface area contributed by atoms with Gasteiger partial charge in [0.1, 0.15) is 5.84 Å². The van der Waals surface area contributed by atoms with E-state index in [0.717, 1.165) is 11.3 Å². The van der Waals surface area contributed by atoms with Gasteiger partial charge in [-0.15, -0.1) is 0 Å². The van der Waals surface area contributed by atoms with Crippen LogP contribution >= 0.6 is 0 Å². The summed E-state index contributed by atoms with van der Waals surface area (Å²) in [5.41, 5.74) is 2.59. The predicted molar refractivity (Wildman–Crippen MR) is 128 cm³/mol. The van der Waals surface area contributed by atoms with Gasteiger partial charge in [-0.1, -0.05) is 13.8 Å². The fourth-order valence-electron chi connectivity index (χ4n) is 4.69. The fraction of sp³-hybridized carbons (Fsp3) is 0.423. The molecule has 2 aliphatic rings. The van der Waals surface area contributed by atoms with Crippen molar-refractivity contribution in [3.8, 4) is 11.5 Å². The van der Waals surface area contributed by atoms with Crippen LogP contribution in [0.1, 0.15) is 61.2 Å². The van der Waals surface area contributed by atoms with Gasteiger partial charge in [-0.05, 0) is 49.2 Å². The Morgan fingerprint density at radius 2 is 1.88 bits per heavy atom. The minimum absolute atomic E-state index is 0.00314. The molecule has 0 spiro atoms. The highest BCUT2D eigenvalue weighted by Crippen LogP contribution is 2.41. The molecule has 2 aliphatic heterocycles. The van der Waals surface area contributed by atoms with E-state index in [9.17, 15) is 9.59 Å². The van der Waals surface area contributed by atoms with E-state index in [0.29, 0.717) is 29.9 Å². The van der Waals surface area contributed by atoms with Crippen molar-refractivity contribution in [2.45, 2.75) is 46.1 Å². The molecule has 0 aliphatic carbocycles. The minimum Gasteiger partial charge on any atom is -0.490 e. The lowest BCUT2D eigenvalue weighted by atomic mass is 9.76. The van der Waals surface area contributed by atoms with Gasteiger partial charge in [-0.2, -0.15) is 0 Å². The van der Waals surface area contributed by atoms with Gasteiger partial charge in [0, 0.05) is 36.7 Å². The lowest BCUT2D eigenvalue weighted by Crippen LogP contribution is -2.39. The van der Waals surface area contributed by atoms with E-state index < -0.39 is 5.82 Å². The van der Waals surface area contributed by atoms with Crippen LogP contribution < -0.4 is 14.4 Å². The third kappa shape index (κ3) is 3.91. The number of halogens is 1. The Bertz CT molecular complexity index is 1190. The van der Waals surface area contributed by atoms with Crippen molar-refractivity contribution in [3.05, 3.63) is 52.3 Å². The van der Waals surface area contributed by atoms with Crippen LogP contribution in [0.15, 0.2) is 24.3 Å². The molecule has 7 nitrogen and oxygen atoms in total. The molecule has 2 aromatic carbocycles. The van der Waals surface area contributed by atoms with Crippen molar-refractivity contribution in [1.82, 2.24) is 4.90 Å². The molecule has 0 saturated carbocycles. The normalized spacial score (nSPS) is 16.4. The number of Topliss-reactive ketones (excluding diaryl/α,β-unsaturated/α-hetero) is 1. The van der Waals surface area contributed by atoms with Crippen molar-refractivity contribution in [1.29, 1.82) is 5.41 Å². The number of nitrogens with zero attached hydrogens (tertiary/aromatic N) is 2. The maximum absolute atomic E-state index is 15.3. The Kier molecular flexibility index (Phi) is 6.10. The number of nitrogens with one attached hydrogen (secondary N) is 1. The Labute approximate surface area is 199 Å². The summed E-state index contributed by atoms with van der Waals surface area (Å²) in [6.07, 6.45) is 0.365. The number of benzene rings is 2. The van der Waals surface area contributed by atoms with Crippen molar-refractivity contribution >= 4 is 23.2 Å². The molecule has 0 aromatic heterocycles. The number of fused-ring (bicyclic) bond motifs is 2. The molecule has 180 valence electrons. The molecule has 0 atom stereocenters. The minimum atomic E-state index is -0.633. The molecule has 0 unspecified atom stereocenters. The predicted octanol–water partition coefficient (Wildman–Crippen LogP) is 4.29. The Morgan fingerprint density at radius 3 is 2.56 bits per heavy atom. The number of hydrogen-bond acceptors (Lipinski definition) is 5. The number of amidine groups is 1. The number of hydrogen-bond donors (Lipinski definition) is 1. The van der Waals surface area contributed by atoms with Crippen LogP contribution in [0.3, 0.4) is 0 Å². The summed E-state index contributed by atoms with van der Waals surface area (Å²) in [7, 11) is 1.74. The van der Waals surface area contributed by atoms with E-state index in [4.69, 9.17) is 14.9 Å². The summed E-state index contributed by atoms with van der Waals surface area (Å²) in [5.74, 6) is -0.515. The molecule has 0 bridgehead atoms. The van der Waals surface area contributed by atoms with Gasteiger partial charge in [0.25, 0.3) is 0 Å². The van der Waals surface area contributed by atoms with Crippen LogP contribution in [0.5, 0.6) is 11.5 Å². The SMILES string of the molecule is CCOc1cc2c(c(F)c1OCC)C(=N)N(CC(=O)c1ccc3c(c1)C(C)(C)CC(=O)N3C)C2. The molecule has 4 rings (SSSR count). The third-order valence-corrected chi connectivity index (χ3v) is 6.48. The molecule has 2 heterocycles. The van der Waals surface area contributed by atoms with Gasteiger partial charge in [0.2, 0.25) is 5.91 Å². The zero-order valence-corrected chi connectivity index (χ0v) is 20.3. The molecule has 0 saturated heterocycles. The van der Waals surface area contributed by atoms with E-state index in [1.165, 1.54) is 0 Å². The zero-order valence-electron chi connectivity index (χ0n) is 20.3.